The second kappa shape index (κ2) is 6.06. The normalized spacial score (nSPS) is 13.4. The fourth-order valence-electron chi connectivity index (χ4n) is 1.75. The molecule has 1 atom stereocenters. The Morgan fingerprint density at radius 1 is 1.28 bits per heavy atom. The van der Waals surface area contributed by atoms with Crippen LogP contribution in [0, 0.1) is 0 Å². The first kappa shape index (κ1) is 14.8. The predicted molar refractivity (Wildman–Crippen MR) is 62.4 cm³/mol. The molecule has 0 bridgehead atoms. The van der Waals surface area contributed by atoms with Gasteiger partial charge < -0.3 is 15.1 Å². The third kappa shape index (κ3) is 4.19. The lowest BCUT2D eigenvalue weighted by Gasteiger charge is -2.28. The Kier molecular flexibility index (Phi) is 4.98. The maximum atomic E-state index is 12.5. The average molecular weight is 263 g/mol. The number of anilines is 1. The summed E-state index contributed by atoms with van der Waals surface area (Å²) >= 11 is 0. The third-order valence-corrected chi connectivity index (χ3v) is 2.47. The fourth-order valence-corrected chi connectivity index (χ4v) is 1.75. The van der Waals surface area contributed by atoms with Crippen LogP contribution < -0.4 is 4.90 Å². The van der Waals surface area contributed by atoms with E-state index < -0.39 is 18.8 Å². The summed E-state index contributed by atoms with van der Waals surface area (Å²) in [5.74, 6) is 0. The molecule has 3 nitrogen and oxygen atoms in total. The van der Waals surface area contributed by atoms with Crippen LogP contribution in [0.5, 0.6) is 0 Å². The van der Waals surface area contributed by atoms with Gasteiger partial charge in [0.25, 0.3) is 0 Å². The molecular weight excluding hydrogens is 247 g/mol. The van der Waals surface area contributed by atoms with Crippen LogP contribution in [-0.4, -0.2) is 36.1 Å². The SMILES string of the molecule is C[C@@H](O)c1ccccc1N(CCO)CC(F)(F)F. The van der Waals surface area contributed by atoms with Gasteiger partial charge in [0.05, 0.1) is 12.7 Å². The van der Waals surface area contributed by atoms with Crippen molar-refractivity contribution in [3.8, 4) is 0 Å². The van der Waals surface area contributed by atoms with Gasteiger partial charge in [0.2, 0.25) is 0 Å². The minimum absolute atomic E-state index is 0.136. The van der Waals surface area contributed by atoms with E-state index in [4.69, 9.17) is 5.11 Å². The van der Waals surface area contributed by atoms with Crippen LogP contribution in [0.15, 0.2) is 24.3 Å². The first-order chi connectivity index (χ1) is 8.35. The van der Waals surface area contributed by atoms with Crippen molar-refractivity contribution in [3.05, 3.63) is 29.8 Å². The molecule has 0 fully saturated rings. The molecule has 6 heteroatoms. The summed E-state index contributed by atoms with van der Waals surface area (Å²) in [6, 6.07) is 6.32. The van der Waals surface area contributed by atoms with Crippen LogP contribution in [-0.2, 0) is 0 Å². The molecule has 102 valence electrons. The lowest BCUT2D eigenvalue weighted by atomic mass is 10.1. The maximum Gasteiger partial charge on any atom is 0.405 e. The zero-order valence-electron chi connectivity index (χ0n) is 9.98. The first-order valence-corrected chi connectivity index (χ1v) is 5.54. The van der Waals surface area contributed by atoms with E-state index in [-0.39, 0.29) is 13.2 Å². The van der Waals surface area contributed by atoms with E-state index in [1.54, 1.807) is 18.2 Å². The molecule has 0 aliphatic rings. The first-order valence-electron chi connectivity index (χ1n) is 5.54. The zero-order chi connectivity index (χ0) is 13.8. The zero-order valence-corrected chi connectivity index (χ0v) is 9.98. The Hall–Kier alpha value is -1.27. The van der Waals surface area contributed by atoms with Gasteiger partial charge in [0.1, 0.15) is 6.54 Å². The van der Waals surface area contributed by atoms with Crippen molar-refractivity contribution in [2.45, 2.75) is 19.2 Å². The number of alkyl halides is 3. The van der Waals surface area contributed by atoms with Gasteiger partial charge in [-0.25, -0.2) is 0 Å². The van der Waals surface area contributed by atoms with E-state index in [0.717, 1.165) is 4.90 Å². The van der Waals surface area contributed by atoms with Crippen molar-refractivity contribution < 1.29 is 23.4 Å². The number of rotatable bonds is 5. The van der Waals surface area contributed by atoms with E-state index in [1.165, 1.54) is 13.0 Å². The molecule has 0 aliphatic heterocycles. The fraction of sp³-hybridized carbons (Fsp3) is 0.500. The Labute approximate surface area is 103 Å². The van der Waals surface area contributed by atoms with Gasteiger partial charge in [-0.15, -0.1) is 0 Å². The average Bonchev–Trinajstić information content (AvgIpc) is 2.26. The molecule has 0 saturated carbocycles. The summed E-state index contributed by atoms with van der Waals surface area (Å²) in [7, 11) is 0. The summed E-state index contributed by atoms with van der Waals surface area (Å²) < 4.78 is 37.4. The van der Waals surface area contributed by atoms with Gasteiger partial charge >= 0.3 is 6.18 Å². The lowest BCUT2D eigenvalue weighted by molar-refractivity contribution is -0.119. The van der Waals surface area contributed by atoms with Crippen LogP contribution >= 0.6 is 0 Å². The van der Waals surface area contributed by atoms with E-state index in [9.17, 15) is 18.3 Å². The highest BCUT2D eigenvalue weighted by Gasteiger charge is 2.31. The standard InChI is InChI=1S/C12H16F3NO2/c1-9(18)10-4-2-3-5-11(10)16(6-7-17)8-12(13,14)15/h2-5,9,17-18H,6-8H2,1H3/t9-/m1/s1. The van der Waals surface area contributed by atoms with Crippen LogP contribution in [0.4, 0.5) is 18.9 Å². The minimum Gasteiger partial charge on any atom is -0.395 e. The van der Waals surface area contributed by atoms with E-state index >= 15 is 0 Å². The molecule has 0 aromatic heterocycles. The molecule has 18 heavy (non-hydrogen) atoms. The van der Waals surface area contributed by atoms with Crippen molar-refractivity contribution in [2.24, 2.45) is 0 Å². The predicted octanol–water partition coefficient (Wildman–Crippen LogP) is 2.10. The smallest absolute Gasteiger partial charge is 0.395 e. The number of nitrogens with zero attached hydrogens (tertiary/aromatic N) is 1. The highest BCUT2D eigenvalue weighted by atomic mass is 19.4. The quantitative estimate of drug-likeness (QED) is 0.855. The molecule has 0 saturated heterocycles. The number of benzene rings is 1. The highest BCUT2D eigenvalue weighted by molar-refractivity contribution is 5.54. The monoisotopic (exact) mass is 263 g/mol. The molecule has 2 N–H and O–H groups in total. The summed E-state index contributed by atoms with van der Waals surface area (Å²) in [6.07, 6.45) is -5.23. The molecule has 0 heterocycles. The van der Waals surface area contributed by atoms with Gasteiger partial charge in [-0.3, -0.25) is 0 Å². The number of aliphatic hydroxyl groups excluding tert-OH is 2. The number of hydrogen-bond donors (Lipinski definition) is 2. The van der Waals surface area contributed by atoms with E-state index in [0.29, 0.717) is 11.3 Å². The van der Waals surface area contributed by atoms with Crippen LogP contribution in [0.25, 0.3) is 0 Å². The second-order valence-corrected chi connectivity index (χ2v) is 4.00. The molecule has 1 aromatic carbocycles. The molecule has 0 amide bonds. The number of hydrogen-bond acceptors (Lipinski definition) is 3. The molecule has 0 unspecified atom stereocenters. The third-order valence-electron chi connectivity index (χ3n) is 2.47. The Morgan fingerprint density at radius 3 is 2.39 bits per heavy atom. The second-order valence-electron chi connectivity index (χ2n) is 4.00. The molecule has 0 spiro atoms. The van der Waals surface area contributed by atoms with Gasteiger partial charge in [-0.1, -0.05) is 18.2 Å². The molecule has 1 aromatic rings. The summed E-state index contributed by atoms with van der Waals surface area (Å²) in [4.78, 5) is 1.02. The van der Waals surface area contributed by atoms with Gasteiger partial charge in [-0.2, -0.15) is 13.2 Å². The lowest BCUT2D eigenvalue weighted by Crippen LogP contribution is -2.37. The summed E-state index contributed by atoms with van der Waals surface area (Å²) in [6.45, 7) is -0.186. The van der Waals surface area contributed by atoms with Gasteiger partial charge in [0.15, 0.2) is 0 Å². The Bertz CT molecular complexity index is 380. The topological polar surface area (TPSA) is 43.7 Å². The number of aliphatic hydroxyl groups is 2. The van der Waals surface area contributed by atoms with Crippen LogP contribution in [0.1, 0.15) is 18.6 Å². The minimum atomic E-state index is -4.36. The molecular formula is C12H16F3NO2. The van der Waals surface area contributed by atoms with Crippen LogP contribution in [0.3, 0.4) is 0 Å². The Morgan fingerprint density at radius 2 is 1.89 bits per heavy atom. The molecule has 0 aliphatic carbocycles. The van der Waals surface area contributed by atoms with Crippen molar-refractivity contribution in [2.75, 3.05) is 24.6 Å². The van der Waals surface area contributed by atoms with Crippen molar-refractivity contribution in [1.29, 1.82) is 0 Å². The van der Waals surface area contributed by atoms with Crippen molar-refractivity contribution in [1.82, 2.24) is 0 Å². The van der Waals surface area contributed by atoms with Gasteiger partial charge in [0, 0.05) is 17.8 Å². The number of halogens is 3. The number of para-hydroxylation sites is 1. The Balaban J connectivity index is 3.05. The summed E-state index contributed by atoms with van der Waals surface area (Å²) in [5, 5.41) is 18.4. The largest absolute Gasteiger partial charge is 0.405 e. The van der Waals surface area contributed by atoms with E-state index in [2.05, 4.69) is 0 Å². The van der Waals surface area contributed by atoms with Gasteiger partial charge in [-0.05, 0) is 13.0 Å². The molecule has 0 radical (unpaired) electrons. The molecule has 1 rings (SSSR count). The van der Waals surface area contributed by atoms with Crippen molar-refractivity contribution in [3.63, 3.8) is 0 Å². The van der Waals surface area contributed by atoms with Crippen LogP contribution in [0.2, 0.25) is 0 Å². The maximum absolute atomic E-state index is 12.5. The van der Waals surface area contributed by atoms with Crippen molar-refractivity contribution >= 4 is 5.69 Å². The van der Waals surface area contributed by atoms with E-state index in [1.807, 2.05) is 0 Å². The summed E-state index contributed by atoms with van der Waals surface area (Å²) in [5.41, 5.74) is 0.703. The highest BCUT2D eigenvalue weighted by Crippen LogP contribution is 2.28.